The zero-order valence-corrected chi connectivity index (χ0v) is 9.93. The van der Waals surface area contributed by atoms with Crippen molar-refractivity contribution in [1.29, 1.82) is 0 Å². The predicted molar refractivity (Wildman–Crippen MR) is 62.5 cm³/mol. The number of hydrogen-bond acceptors (Lipinski definition) is 4. The molecule has 0 radical (unpaired) electrons. The van der Waals surface area contributed by atoms with Crippen molar-refractivity contribution in [3.05, 3.63) is 0 Å². The highest BCUT2D eigenvalue weighted by Crippen LogP contribution is 2.10. The van der Waals surface area contributed by atoms with Crippen molar-refractivity contribution in [2.45, 2.75) is 19.3 Å². The van der Waals surface area contributed by atoms with Gasteiger partial charge in [0.2, 0.25) is 0 Å². The van der Waals surface area contributed by atoms with Gasteiger partial charge in [0.25, 0.3) is 0 Å². The van der Waals surface area contributed by atoms with E-state index in [0.29, 0.717) is 6.61 Å². The lowest BCUT2D eigenvalue weighted by Crippen LogP contribution is -2.43. The molecule has 1 aliphatic rings. The van der Waals surface area contributed by atoms with Gasteiger partial charge in [-0.2, -0.15) is 0 Å². The van der Waals surface area contributed by atoms with E-state index in [9.17, 15) is 0 Å². The normalized spacial score (nSPS) is 20.1. The van der Waals surface area contributed by atoms with Crippen LogP contribution in [0.3, 0.4) is 0 Å². The zero-order valence-electron chi connectivity index (χ0n) is 9.11. The molecular formula is C10H22N2OS. The first kappa shape index (κ1) is 12.3. The Kier molecular flexibility index (Phi) is 6.60. The van der Waals surface area contributed by atoms with E-state index in [2.05, 4.69) is 15.5 Å². The number of rotatable bonds is 6. The Bertz CT molecular complexity index is 138. The lowest BCUT2D eigenvalue weighted by molar-refractivity contribution is 0.191. The van der Waals surface area contributed by atoms with Gasteiger partial charge in [-0.3, -0.25) is 0 Å². The number of aliphatic hydroxyl groups excluding tert-OH is 1. The van der Waals surface area contributed by atoms with E-state index in [0.717, 1.165) is 6.42 Å². The molecule has 0 aromatic heterocycles. The molecule has 0 atom stereocenters. The van der Waals surface area contributed by atoms with Gasteiger partial charge in [-0.15, -0.1) is 0 Å². The smallest absolute Gasteiger partial charge is 0.0431 e. The van der Waals surface area contributed by atoms with Crippen LogP contribution in [0.25, 0.3) is 0 Å². The van der Waals surface area contributed by atoms with Gasteiger partial charge in [0, 0.05) is 32.8 Å². The third kappa shape index (κ3) is 4.64. The quantitative estimate of drug-likeness (QED) is 0.532. The molecule has 1 aliphatic heterocycles. The highest BCUT2D eigenvalue weighted by molar-refractivity contribution is 7.96. The van der Waals surface area contributed by atoms with Gasteiger partial charge in [-0.1, -0.05) is 11.9 Å². The van der Waals surface area contributed by atoms with Crippen molar-refractivity contribution in [2.75, 3.05) is 45.6 Å². The average molecular weight is 218 g/mol. The van der Waals surface area contributed by atoms with Crippen molar-refractivity contribution >= 4 is 11.9 Å². The van der Waals surface area contributed by atoms with Crippen LogP contribution in [-0.2, 0) is 0 Å². The molecule has 4 heteroatoms. The molecule has 1 N–H and O–H groups in total. The van der Waals surface area contributed by atoms with Crippen LogP contribution >= 0.6 is 11.9 Å². The fraction of sp³-hybridized carbons (Fsp3) is 1.00. The number of aliphatic hydroxyl groups is 1. The first-order valence-electron chi connectivity index (χ1n) is 5.49. The third-order valence-electron chi connectivity index (χ3n) is 2.72. The van der Waals surface area contributed by atoms with Crippen molar-refractivity contribution in [2.24, 2.45) is 0 Å². The lowest BCUT2D eigenvalue weighted by Gasteiger charge is -2.33. The molecule has 0 unspecified atom stereocenters. The van der Waals surface area contributed by atoms with Crippen LogP contribution in [0.4, 0.5) is 0 Å². The molecule has 1 heterocycles. The standard InChI is InChI=1S/C10H22N2OS/c1-14-12-8-6-11(7-9-12)5-3-2-4-10-13/h13H,2-10H2,1H3. The van der Waals surface area contributed by atoms with Crippen LogP contribution in [-0.4, -0.2) is 59.9 Å². The molecule has 1 fully saturated rings. The largest absolute Gasteiger partial charge is 0.396 e. The summed E-state index contributed by atoms with van der Waals surface area (Å²) in [7, 11) is 0. The van der Waals surface area contributed by atoms with Crippen LogP contribution in [0.1, 0.15) is 19.3 Å². The molecule has 0 aromatic carbocycles. The van der Waals surface area contributed by atoms with E-state index < -0.39 is 0 Å². The fourth-order valence-electron chi connectivity index (χ4n) is 1.76. The van der Waals surface area contributed by atoms with E-state index in [1.165, 1.54) is 45.6 Å². The molecule has 0 spiro atoms. The molecule has 0 saturated carbocycles. The molecule has 0 aromatic rings. The average Bonchev–Trinajstić information content (AvgIpc) is 2.25. The minimum atomic E-state index is 0.347. The summed E-state index contributed by atoms with van der Waals surface area (Å²) >= 11 is 1.85. The number of nitrogens with zero attached hydrogens (tertiary/aromatic N) is 2. The molecule has 0 aliphatic carbocycles. The highest BCUT2D eigenvalue weighted by Gasteiger charge is 2.14. The van der Waals surface area contributed by atoms with Crippen LogP contribution in [0.15, 0.2) is 0 Å². The first-order valence-corrected chi connectivity index (χ1v) is 6.67. The van der Waals surface area contributed by atoms with Gasteiger partial charge in [0.1, 0.15) is 0 Å². The summed E-state index contributed by atoms with van der Waals surface area (Å²) in [5.41, 5.74) is 0. The molecular weight excluding hydrogens is 196 g/mol. The summed E-state index contributed by atoms with van der Waals surface area (Å²) in [6, 6.07) is 0. The minimum Gasteiger partial charge on any atom is -0.396 e. The summed E-state index contributed by atoms with van der Waals surface area (Å²) in [6.07, 6.45) is 5.51. The van der Waals surface area contributed by atoms with Crippen LogP contribution in [0, 0.1) is 0 Å². The predicted octanol–water partition coefficient (Wildman–Crippen LogP) is 1.04. The molecule has 1 rings (SSSR count). The Labute approximate surface area is 91.6 Å². The SMILES string of the molecule is CSN1CCN(CCCCCO)CC1. The lowest BCUT2D eigenvalue weighted by atomic mass is 10.2. The summed E-state index contributed by atoms with van der Waals surface area (Å²) in [6.45, 7) is 6.37. The van der Waals surface area contributed by atoms with Crippen LogP contribution in [0.5, 0.6) is 0 Å². The van der Waals surface area contributed by atoms with E-state index in [4.69, 9.17) is 5.11 Å². The Morgan fingerprint density at radius 2 is 1.79 bits per heavy atom. The second kappa shape index (κ2) is 7.51. The molecule has 84 valence electrons. The summed E-state index contributed by atoms with van der Waals surface area (Å²) < 4.78 is 2.42. The summed E-state index contributed by atoms with van der Waals surface area (Å²) in [5.74, 6) is 0. The zero-order chi connectivity index (χ0) is 10.2. The van der Waals surface area contributed by atoms with Gasteiger partial charge >= 0.3 is 0 Å². The monoisotopic (exact) mass is 218 g/mol. The van der Waals surface area contributed by atoms with E-state index in [1.54, 1.807) is 0 Å². The maximum absolute atomic E-state index is 8.65. The summed E-state index contributed by atoms with van der Waals surface area (Å²) in [5, 5.41) is 8.65. The molecule has 0 bridgehead atoms. The van der Waals surface area contributed by atoms with E-state index in [-0.39, 0.29) is 0 Å². The minimum absolute atomic E-state index is 0.347. The van der Waals surface area contributed by atoms with Gasteiger partial charge in [0.05, 0.1) is 0 Å². The second-order valence-electron chi connectivity index (χ2n) is 3.74. The number of piperazine rings is 1. The Morgan fingerprint density at radius 3 is 2.36 bits per heavy atom. The third-order valence-corrected chi connectivity index (χ3v) is 3.60. The second-order valence-corrected chi connectivity index (χ2v) is 4.62. The molecule has 1 saturated heterocycles. The maximum atomic E-state index is 8.65. The Hall–Kier alpha value is 0.230. The van der Waals surface area contributed by atoms with Crippen LogP contribution < -0.4 is 0 Å². The van der Waals surface area contributed by atoms with Gasteiger partial charge in [-0.25, -0.2) is 4.31 Å². The van der Waals surface area contributed by atoms with Crippen molar-refractivity contribution < 1.29 is 5.11 Å². The van der Waals surface area contributed by atoms with Crippen molar-refractivity contribution in [3.8, 4) is 0 Å². The summed E-state index contributed by atoms with van der Waals surface area (Å²) in [4.78, 5) is 2.53. The fourth-order valence-corrected chi connectivity index (χ4v) is 2.29. The Balaban J connectivity index is 1.98. The first-order chi connectivity index (χ1) is 6.86. The van der Waals surface area contributed by atoms with Gasteiger partial charge in [-0.05, 0) is 32.1 Å². The van der Waals surface area contributed by atoms with E-state index in [1.807, 2.05) is 11.9 Å². The van der Waals surface area contributed by atoms with Crippen LogP contribution in [0.2, 0.25) is 0 Å². The van der Waals surface area contributed by atoms with Crippen molar-refractivity contribution in [3.63, 3.8) is 0 Å². The highest BCUT2D eigenvalue weighted by atomic mass is 32.2. The number of hydrogen-bond donors (Lipinski definition) is 1. The van der Waals surface area contributed by atoms with E-state index >= 15 is 0 Å². The number of unbranched alkanes of at least 4 members (excludes halogenated alkanes) is 2. The molecule has 0 amide bonds. The topological polar surface area (TPSA) is 26.7 Å². The van der Waals surface area contributed by atoms with Crippen molar-refractivity contribution in [1.82, 2.24) is 9.21 Å². The molecule has 3 nitrogen and oxygen atoms in total. The maximum Gasteiger partial charge on any atom is 0.0431 e. The van der Waals surface area contributed by atoms with Gasteiger partial charge < -0.3 is 10.0 Å². The van der Waals surface area contributed by atoms with Gasteiger partial charge in [0.15, 0.2) is 0 Å². The Morgan fingerprint density at radius 1 is 1.07 bits per heavy atom. The molecule has 14 heavy (non-hydrogen) atoms.